The minimum atomic E-state index is -0.126. The third-order valence-electron chi connectivity index (χ3n) is 3.07. The zero-order chi connectivity index (χ0) is 11.9. The fraction of sp³-hybridized carbons (Fsp3) is 0.538. The summed E-state index contributed by atoms with van der Waals surface area (Å²) < 4.78 is 6.04. The fourth-order valence-electron chi connectivity index (χ4n) is 2.33. The highest BCUT2D eigenvalue weighted by Gasteiger charge is 2.33. The van der Waals surface area contributed by atoms with Gasteiger partial charge in [-0.05, 0) is 45.5 Å². The Hall–Kier alpha value is -0.730. The Morgan fingerprint density at radius 3 is 2.75 bits per heavy atom. The van der Waals surface area contributed by atoms with Gasteiger partial charge in [-0.25, -0.2) is 0 Å². The number of ether oxygens (including phenoxy) is 1. The van der Waals surface area contributed by atoms with Crippen LogP contribution in [0.2, 0.25) is 5.02 Å². The van der Waals surface area contributed by atoms with Crippen LogP contribution in [0.25, 0.3) is 0 Å². The smallest absolute Gasteiger partial charge is 0.127 e. The minimum absolute atomic E-state index is 0.126. The molecule has 1 N–H and O–H groups in total. The van der Waals surface area contributed by atoms with Crippen LogP contribution in [-0.2, 0) is 0 Å². The number of hydrogen-bond acceptors (Lipinski definition) is 2. The standard InChI is InChI=1S/C13H18ClNO/c1-8-5-9(14)6-10-11(15-4)7-13(2,3)16-12(8)10/h5-6,11,15H,7H2,1-4H3. The second-order valence-corrected chi connectivity index (χ2v) is 5.48. The van der Waals surface area contributed by atoms with Gasteiger partial charge in [0.1, 0.15) is 11.4 Å². The Morgan fingerprint density at radius 1 is 1.44 bits per heavy atom. The Labute approximate surface area is 102 Å². The lowest BCUT2D eigenvalue weighted by atomic mass is 9.88. The van der Waals surface area contributed by atoms with Gasteiger partial charge < -0.3 is 10.1 Å². The molecule has 16 heavy (non-hydrogen) atoms. The third-order valence-corrected chi connectivity index (χ3v) is 3.28. The topological polar surface area (TPSA) is 21.3 Å². The van der Waals surface area contributed by atoms with Crippen molar-refractivity contribution in [3.05, 3.63) is 28.3 Å². The zero-order valence-corrected chi connectivity index (χ0v) is 11.0. The van der Waals surface area contributed by atoms with E-state index in [2.05, 4.69) is 19.2 Å². The monoisotopic (exact) mass is 239 g/mol. The van der Waals surface area contributed by atoms with Crippen molar-refractivity contribution in [3.8, 4) is 5.75 Å². The molecule has 1 aliphatic rings. The fourth-order valence-corrected chi connectivity index (χ4v) is 2.61. The van der Waals surface area contributed by atoms with Gasteiger partial charge in [-0.3, -0.25) is 0 Å². The number of halogens is 1. The molecule has 1 atom stereocenters. The van der Waals surface area contributed by atoms with Crippen molar-refractivity contribution < 1.29 is 4.74 Å². The third kappa shape index (κ3) is 2.04. The van der Waals surface area contributed by atoms with E-state index in [9.17, 15) is 0 Å². The molecule has 3 heteroatoms. The van der Waals surface area contributed by atoms with Crippen LogP contribution in [0.3, 0.4) is 0 Å². The lowest BCUT2D eigenvalue weighted by Crippen LogP contribution is -2.38. The number of benzene rings is 1. The minimum Gasteiger partial charge on any atom is -0.487 e. The van der Waals surface area contributed by atoms with Crippen LogP contribution in [0.1, 0.15) is 37.4 Å². The maximum atomic E-state index is 6.09. The van der Waals surface area contributed by atoms with E-state index in [1.807, 2.05) is 26.1 Å². The predicted octanol–water partition coefficient (Wildman–Crippen LogP) is 3.47. The van der Waals surface area contributed by atoms with E-state index in [1.165, 1.54) is 5.56 Å². The van der Waals surface area contributed by atoms with Crippen LogP contribution >= 0.6 is 11.6 Å². The molecule has 0 spiro atoms. The Kier molecular flexibility index (Phi) is 2.89. The number of nitrogens with one attached hydrogen (secondary N) is 1. The molecule has 2 nitrogen and oxygen atoms in total. The van der Waals surface area contributed by atoms with Crippen LogP contribution in [0, 0.1) is 6.92 Å². The highest BCUT2D eigenvalue weighted by Crippen LogP contribution is 2.42. The molecule has 0 aliphatic carbocycles. The molecule has 0 radical (unpaired) electrons. The molecular weight excluding hydrogens is 222 g/mol. The summed E-state index contributed by atoms with van der Waals surface area (Å²) in [5, 5.41) is 4.11. The summed E-state index contributed by atoms with van der Waals surface area (Å²) in [5.41, 5.74) is 2.15. The molecule has 1 aromatic carbocycles. The van der Waals surface area contributed by atoms with Crippen molar-refractivity contribution in [3.63, 3.8) is 0 Å². The van der Waals surface area contributed by atoms with Crippen LogP contribution in [0.4, 0.5) is 0 Å². The zero-order valence-electron chi connectivity index (χ0n) is 10.2. The van der Waals surface area contributed by atoms with Crippen molar-refractivity contribution in [1.29, 1.82) is 0 Å². The average Bonchev–Trinajstić information content (AvgIpc) is 2.18. The summed E-state index contributed by atoms with van der Waals surface area (Å²) in [7, 11) is 1.98. The number of rotatable bonds is 1. The normalized spacial score (nSPS) is 22.4. The maximum absolute atomic E-state index is 6.09. The average molecular weight is 240 g/mol. The lowest BCUT2D eigenvalue weighted by molar-refractivity contribution is 0.0666. The summed E-state index contributed by atoms with van der Waals surface area (Å²) in [4.78, 5) is 0. The first-order valence-corrected chi connectivity index (χ1v) is 5.97. The van der Waals surface area contributed by atoms with E-state index in [4.69, 9.17) is 16.3 Å². The van der Waals surface area contributed by atoms with E-state index in [-0.39, 0.29) is 5.60 Å². The second kappa shape index (κ2) is 3.94. The van der Waals surface area contributed by atoms with Gasteiger partial charge in [0.2, 0.25) is 0 Å². The molecule has 1 aliphatic heterocycles. The van der Waals surface area contributed by atoms with E-state index >= 15 is 0 Å². The molecule has 0 saturated heterocycles. The van der Waals surface area contributed by atoms with Crippen LogP contribution in [0.5, 0.6) is 5.75 Å². The molecule has 0 aromatic heterocycles. The molecule has 1 heterocycles. The molecule has 0 amide bonds. The molecule has 0 bridgehead atoms. The summed E-state index contributed by atoms with van der Waals surface area (Å²) in [6.45, 7) is 6.28. The first-order valence-electron chi connectivity index (χ1n) is 5.59. The van der Waals surface area contributed by atoms with E-state index in [0.717, 1.165) is 22.8 Å². The van der Waals surface area contributed by atoms with Crippen molar-refractivity contribution in [1.82, 2.24) is 5.32 Å². The second-order valence-electron chi connectivity index (χ2n) is 5.05. The van der Waals surface area contributed by atoms with Crippen molar-refractivity contribution in [2.45, 2.75) is 38.8 Å². The summed E-state index contributed by atoms with van der Waals surface area (Å²) in [6.07, 6.45) is 0.955. The molecule has 88 valence electrons. The van der Waals surface area contributed by atoms with Crippen LogP contribution in [0.15, 0.2) is 12.1 Å². The van der Waals surface area contributed by atoms with Gasteiger partial charge in [0, 0.05) is 23.0 Å². The molecular formula is C13H18ClNO. The molecule has 0 saturated carbocycles. The predicted molar refractivity (Wildman–Crippen MR) is 67.3 cm³/mol. The summed E-state index contributed by atoms with van der Waals surface area (Å²) in [5.74, 6) is 0.986. The number of aryl methyl sites for hydroxylation is 1. The SMILES string of the molecule is CNC1CC(C)(C)Oc2c(C)cc(Cl)cc21. The Balaban J connectivity index is 2.54. The molecule has 1 unspecified atom stereocenters. The summed E-state index contributed by atoms with van der Waals surface area (Å²) in [6, 6.07) is 4.27. The first kappa shape index (κ1) is 11.7. The molecule has 1 aromatic rings. The summed E-state index contributed by atoms with van der Waals surface area (Å²) >= 11 is 6.09. The largest absolute Gasteiger partial charge is 0.487 e. The van der Waals surface area contributed by atoms with Crippen molar-refractivity contribution in [2.75, 3.05) is 7.05 Å². The Bertz CT molecular complexity index is 415. The van der Waals surface area contributed by atoms with Gasteiger partial charge in [-0.1, -0.05) is 11.6 Å². The maximum Gasteiger partial charge on any atom is 0.127 e. The first-order chi connectivity index (χ1) is 7.43. The van der Waals surface area contributed by atoms with E-state index in [1.54, 1.807) is 0 Å². The quantitative estimate of drug-likeness (QED) is 0.810. The van der Waals surface area contributed by atoms with Gasteiger partial charge in [0.15, 0.2) is 0 Å². The van der Waals surface area contributed by atoms with Gasteiger partial charge in [-0.2, -0.15) is 0 Å². The van der Waals surface area contributed by atoms with Gasteiger partial charge in [-0.15, -0.1) is 0 Å². The Morgan fingerprint density at radius 2 is 2.12 bits per heavy atom. The van der Waals surface area contributed by atoms with Crippen LogP contribution in [-0.4, -0.2) is 12.6 Å². The van der Waals surface area contributed by atoms with Gasteiger partial charge in [0.05, 0.1) is 0 Å². The van der Waals surface area contributed by atoms with E-state index in [0.29, 0.717) is 6.04 Å². The number of hydrogen-bond donors (Lipinski definition) is 1. The van der Waals surface area contributed by atoms with E-state index < -0.39 is 0 Å². The number of fused-ring (bicyclic) bond motifs is 1. The van der Waals surface area contributed by atoms with Crippen LogP contribution < -0.4 is 10.1 Å². The van der Waals surface area contributed by atoms with Crippen molar-refractivity contribution in [2.24, 2.45) is 0 Å². The van der Waals surface area contributed by atoms with Gasteiger partial charge in [0.25, 0.3) is 0 Å². The molecule has 2 rings (SSSR count). The van der Waals surface area contributed by atoms with Gasteiger partial charge >= 0.3 is 0 Å². The van der Waals surface area contributed by atoms with Crippen molar-refractivity contribution >= 4 is 11.6 Å². The molecule has 0 fully saturated rings. The highest BCUT2D eigenvalue weighted by atomic mass is 35.5. The lowest BCUT2D eigenvalue weighted by Gasteiger charge is -2.38. The highest BCUT2D eigenvalue weighted by molar-refractivity contribution is 6.30.